The van der Waals surface area contributed by atoms with Gasteiger partial charge in [-0.25, -0.2) is 0 Å². The molecule has 1 aromatic rings. The minimum atomic E-state index is -0.803. The molecule has 1 heterocycles. The number of anilines is 1. The molecule has 7 heteroatoms. The van der Waals surface area contributed by atoms with Gasteiger partial charge in [-0.15, -0.1) is 0 Å². The van der Waals surface area contributed by atoms with Gasteiger partial charge in [0.05, 0.1) is 0 Å². The molecule has 1 amide bonds. The molecule has 0 aromatic carbocycles. The van der Waals surface area contributed by atoms with Crippen molar-refractivity contribution in [3.05, 3.63) is 38.8 Å². The molecule has 0 radical (unpaired) electrons. The van der Waals surface area contributed by atoms with E-state index in [2.05, 4.69) is 10.3 Å². The first-order chi connectivity index (χ1) is 7.59. The molecule has 84 valence electrons. The Morgan fingerprint density at radius 2 is 2.38 bits per heavy atom. The molecule has 1 aliphatic carbocycles. The Bertz CT molecular complexity index is 496. The van der Waals surface area contributed by atoms with Crippen LogP contribution in [0, 0.1) is 16.0 Å². The maximum atomic E-state index is 11.5. The summed E-state index contributed by atoms with van der Waals surface area (Å²) >= 11 is 0. The van der Waals surface area contributed by atoms with E-state index in [9.17, 15) is 19.7 Å². The second kappa shape index (κ2) is 3.76. The Morgan fingerprint density at radius 3 is 2.94 bits per heavy atom. The molecule has 16 heavy (non-hydrogen) atoms. The first-order valence-electron chi connectivity index (χ1n) is 4.71. The predicted molar refractivity (Wildman–Crippen MR) is 54.6 cm³/mol. The van der Waals surface area contributed by atoms with Gasteiger partial charge >= 0.3 is 0 Å². The van der Waals surface area contributed by atoms with Gasteiger partial charge in [0, 0.05) is 29.8 Å². The van der Waals surface area contributed by atoms with Gasteiger partial charge in [-0.1, -0.05) is 0 Å². The second-order valence-electron chi connectivity index (χ2n) is 3.61. The number of H-pyrrole nitrogens is 1. The second-order valence-corrected chi connectivity index (χ2v) is 3.61. The Hall–Kier alpha value is -2.18. The third kappa shape index (κ3) is 1.92. The van der Waals surface area contributed by atoms with Gasteiger partial charge in [0.25, 0.3) is 0 Å². The SMILES string of the molecule is O=C(Nc1c[nH]ccc1=O)[C@@H]1C[C@H]1[N+](=O)[O-]. The van der Waals surface area contributed by atoms with Crippen molar-refractivity contribution in [3.63, 3.8) is 0 Å². The third-order valence-corrected chi connectivity index (χ3v) is 2.45. The lowest BCUT2D eigenvalue weighted by atomic mass is 10.3. The molecule has 0 saturated heterocycles. The lowest BCUT2D eigenvalue weighted by Gasteiger charge is -2.01. The van der Waals surface area contributed by atoms with Crippen LogP contribution in [0.1, 0.15) is 6.42 Å². The molecule has 0 aliphatic heterocycles. The van der Waals surface area contributed by atoms with Crippen LogP contribution >= 0.6 is 0 Å². The molecule has 1 fully saturated rings. The van der Waals surface area contributed by atoms with Crippen molar-refractivity contribution in [1.29, 1.82) is 0 Å². The summed E-state index contributed by atoms with van der Waals surface area (Å²) in [7, 11) is 0. The molecule has 2 atom stereocenters. The Kier molecular flexibility index (Phi) is 2.43. The van der Waals surface area contributed by atoms with Crippen molar-refractivity contribution < 1.29 is 9.72 Å². The summed E-state index contributed by atoms with van der Waals surface area (Å²) in [4.78, 5) is 35.3. The summed E-state index contributed by atoms with van der Waals surface area (Å²) in [6.07, 6.45) is 3.03. The average Bonchev–Trinajstić information content (AvgIpc) is 3.01. The number of carbonyl (C=O) groups is 1. The van der Waals surface area contributed by atoms with E-state index in [1.807, 2.05) is 0 Å². The summed E-state index contributed by atoms with van der Waals surface area (Å²) in [5.74, 6) is -1.09. The van der Waals surface area contributed by atoms with Crippen molar-refractivity contribution in [2.75, 3.05) is 5.32 Å². The summed E-state index contributed by atoms with van der Waals surface area (Å²) in [6, 6.07) is 0.468. The maximum absolute atomic E-state index is 11.5. The van der Waals surface area contributed by atoms with Crippen molar-refractivity contribution in [1.82, 2.24) is 4.98 Å². The van der Waals surface area contributed by atoms with Crippen molar-refractivity contribution in [3.8, 4) is 0 Å². The van der Waals surface area contributed by atoms with Gasteiger partial charge in [0.15, 0.2) is 0 Å². The van der Waals surface area contributed by atoms with Crippen LogP contribution < -0.4 is 10.7 Å². The summed E-state index contributed by atoms with van der Waals surface area (Å²) in [6.45, 7) is 0. The number of nitrogens with one attached hydrogen (secondary N) is 2. The molecule has 2 rings (SSSR count). The minimum absolute atomic E-state index is 0.112. The molecular formula is C9H9N3O4. The van der Waals surface area contributed by atoms with E-state index in [1.165, 1.54) is 18.5 Å². The quantitative estimate of drug-likeness (QED) is 0.554. The number of rotatable bonds is 3. The number of hydrogen-bond donors (Lipinski definition) is 2. The summed E-state index contributed by atoms with van der Waals surface area (Å²) < 4.78 is 0. The van der Waals surface area contributed by atoms with Crippen LogP contribution in [-0.2, 0) is 4.79 Å². The Morgan fingerprint density at radius 1 is 1.62 bits per heavy atom. The highest BCUT2D eigenvalue weighted by Gasteiger charge is 2.53. The smallest absolute Gasteiger partial charge is 0.234 e. The maximum Gasteiger partial charge on any atom is 0.234 e. The molecule has 1 aliphatic rings. The Labute approximate surface area is 89.6 Å². The topological polar surface area (TPSA) is 105 Å². The van der Waals surface area contributed by atoms with E-state index < -0.39 is 22.8 Å². The molecule has 1 saturated carbocycles. The van der Waals surface area contributed by atoms with Crippen LogP contribution in [0.25, 0.3) is 0 Å². The molecule has 0 unspecified atom stereocenters. The van der Waals surface area contributed by atoms with Gasteiger partial charge in [-0.05, 0) is 0 Å². The zero-order valence-corrected chi connectivity index (χ0v) is 8.17. The largest absolute Gasteiger partial charge is 0.366 e. The van der Waals surface area contributed by atoms with Crippen LogP contribution in [0.4, 0.5) is 5.69 Å². The lowest BCUT2D eigenvalue weighted by molar-refractivity contribution is -0.497. The predicted octanol–water partition coefficient (Wildman–Crippen LogP) is -0.0214. The van der Waals surface area contributed by atoms with Crippen LogP contribution in [0.15, 0.2) is 23.3 Å². The normalized spacial score (nSPS) is 22.5. The van der Waals surface area contributed by atoms with Gasteiger partial charge < -0.3 is 10.3 Å². The Balaban J connectivity index is 2.02. The minimum Gasteiger partial charge on any atom is -0.366 e. The number of carbonyl (C=O) groups excluding carboxylic acids is 1. The fourth-order valence-electron chi connectivity index (χ4n) is 1.44. The van der Waals surface area contributed by atoms with Crippen LogP contribution in [-0.4, -0.2) is 21.9 Å². The van der Waals surface area contributed by atoms with E-state index in [-0.39, 0.29) is 17.5 Å². The van der Waals surface area contributed by atoms with Crippen LogP contribution in [0.2, 0.25) is 0 Å². The number of aromatic nitrogens is 1. The first kappa shape index (κ1) is 10.3. The highest BCUT2D eigenvalue weighted by Crippen LogP contribution is 2.33. The van der Waals surface area contributed by atoms with Crippen LogP contribution in [0.5, 0.6) is 0 Å². The number of aromatic amines is 1. The monoisotopic (exact) mass is 223 g/mol. The number of pyridine rings is 1. The summed E-state index contributed by atoms with van der Waals surface area (Å²) in [5, 5.41) is 12.7. The van der Waals surface area contributed by atoms with E-state index in [0.29, 0.717) is 0 Å². The van der Waals surface area contributed by atoms with Gasteiger partial charge in [-0.3, -0.25) is 19.7 Å². The number of nitro groups is 1. The zero-order chi connectivity index (χ0) is 11.7. The molecule has 0 bridgehead atoms. The van der Waals surface area contributed by atoms with Crippen molar-refractivity contribution >= 4 is 11.6 Å². The standard InChI is InChI=1S/C9H9N3O4/c13-8-1-2-10-4-6(8)11-9(14)5-3-7(5)12(15)16/h1-2,4-5,7H,3H2,(H,10,13)(H,11,14)/t5-,7-/m1/s1. The molecule has 7 nitrogen and oxygen atoms in total. The average molecular weight is 223 g/mol. The first-order valence-corrected chi connectivity index (χ1v) is 4.71. The molecule has 1 aromatic heterocycles. The zero-order valence-electron chi connectivity index (χ0n) is 8.17. The number of amides is 1. The fraction of sp³-hybridized carbons (Fsp3) is 0.333. The van der Waals surface area contributed by atoms with Crippen LogP contribution in [0.3, 0.4) is 0 Å². The van der Waals surface area contributed by atoms with Gasteiger partial charge in [0.1, 0.15) is 11.6 Å². The highest BCUT2D eigenvalue weighted by molar-refractivity contribution is 5.94. The fourth-order valence-corrected chi connectivity index (χ4v) is 1.44. The van der Waals surface area contributed by atoms with E-state index in [4.69, 9.17) is 0 Å². The van der Waals surface area contributed by atoms with E-state index >= 15 is 0 Å². The van der Waals surface area contributed by atoms with Gasteiger partial charge in [0.2, 0.25) is 17.4 Å². The third-order valence-electron chi connectivity index (χ3n) is 2.45. The van der Waals surface area contributed by atoms with Gasteiger partial charge in [-0.2, -0.15) is 0 Å². The van der Waals surface area contributed by atoms with Crippen molar-refractivity contribution in [2.45, 2.75) is 12.5 Å². The van der Waals surface area contributed by atoms with E-state index in [0.717, 1.165) is 0 Å². The lowest BCUT2D eigenvalue weighted by Crippen LogP contribution is -2.22. The van der Waals surface area contributed by atoms with E-state index in [1.54, 1.807) is 0 Å². The highest BCUT2D eigenvalue weighted by atomic mass is 16.6. The number of nitrogens with zero attached hydrogens (tertiary/aromatic N) is 1. The molecular weight excluding hydrogens is 214 g/mol. The molecule has 2 N–H and O–H groups in total. The summed E-state index contributed by atoms with van der Waals surface area (Å²) in [5.41, 5.74) is -0.216. The molecule has 0 spiro atoms. The van der Waals surface area contributed by atoms with Crippen molar-refractivity contribution in [2.24, 2.45) is 5.92 Å². The number of hydrogen-bond acceptors (Lipinski definition) is 4.